The zero-order chi connectivity index (χ0) is 17.8. The number of fused-ring (bicyclic) bond motifs is 1. The molecule has 0 amide bonds. The summed E-state index contributed by atoms with van der Waals surface area (Å²) in [5, 5.41) is 1.00. The van der Waals surface area contributed by atoms with Crippen LogP contribution in [0.4, 0.5) is 0 Å². The van der Waals surface area contributed by atoms with E-state index in [-0.39, 0.29) is 17.8 Å². The summed E-state index contributed by atoms with van der Waals surface area (Å²) < 4.78 is 0. The second-order valence-corrected chi connectivity index (χ2v) is 6.64. The van der Waals surface area contributed by atoms with Crippen LogP contribution in [0.2, 0.25) is 0 Å². The van der Waals surface area contributed by atoms with Crippen LogP contribution in [-0.2, 0) is 0 Å². The molecule has 0 saturated carbocycles. The second-order valence-electron chi connectivity index (χ2n) is 6.21. The fourth-order valence-corrected chi connectivity index (χ4v) is 3.27. The molecular formula is C24H19Cl2N. The molecule has 0 bridgehead atoms. The predicted molar refractivity (Wildman–Crippen MR) is 118 cm³/mol. The number of pyridine rings is 1. The predicted octanol–water partition coefficient (Wildman–Crippen LogP) is 7.16. The van der Waals surface area contributed by atoms with E-state index in [4.69, 9.17) is 11.6 Å². The summed E-state index contributed by atoms with van der Waals surface area (Å²) in [7, 11) is 0. The van der Waals surface area contributed by atoms with E-state index in [1.807, 2.05) is 54.6 Å². The second kappa shape index (κ2) is 8.85. The summed E-state index contributed by atoms with van der Waals surface area (Å²) in [6.45, 7) is 0. The van der Waals surface area contributed by atoms with Gasteiger partial charge in [0.2, 0.25) is 0 Å². The Balaban J connectivity index is 0.00000210. The van der Waals surface area contributed by atoms with Crippen molar-refractivity contribution in [1.82, 2.24) is 4.98 Å². The van der Waals surface area contributed by atoms with Crippen molar-refractivity contribution < 1.29 is 0 Å². The minimum atomic E-state index is -0.150. The zero-order valence-corrected chi connectivity index (χ0v) is 16.2. The van der Waals surface area contributed by atoms with Crippen LogP contribution in [0.3, 0.4) is 0 Å². The average molecular weight is 392 g/mol. The molecule has 0 spiro atoms. The number of alkyl halides is 1. The van der Waals surface area contributed by atoms with Crippen LogP contribution in [0.5, 0.6) is 0 Å². The Hall–Kier alpha value is -2.61. The third-order valence-electron chi connectivity index (χ3n) is 4.36. The largest absolute Gasteiger partial charge is 0.248 e. The molecular weight excluding hydrogens is 373 g/mol. The van der Waals surface area contributed by atoms with Gasteiger partial charge in [0.05, 0.1) is 16.6 Å². The van der Waals surface area contributed by atoms with E-state index in [0.29, 0.717) is 0 Å². The van der Waals surface area contributed by atoms with Gasteiger partial charge in [-0.05, 0) is 41.0 Å². The monoisotopic (exact) mass is 391 g/mol. The fourth-order valence-electron chi connectivity index (χ4n) is 2.99. The van der Waals surface area contributed by atoms with Crippen LogP contribution in [0.1, 0.15) is 27.8 Å². The first-order valence-electron chi connectivity index (χ1n) is 8.62. The Kier molecular flexibility index (Phi) is 6.28. The molecule has 0 aliphatic heterocycles. The summed E-state index contributed by atoms with van der Waals surface area (Å²) in [4.78, 5) is 4.68. The van der Waals surface area contributed by atoms with Crippen LogP contribution in [0, 0.1) is 0 Å². The molecule has 0 saturated heterocycles. The summed E-state index contributed by atoms with van der Waals surface area (Å²) in [5.74, 6) is 0. The highest BCUT2D eigenvalue weighted by atomic mass is 35.5. The highest BCUT2D eigenvalue weighted by Gasteiger charge is 2.10. The zero-order valence-electron chi connectivity index (χ0n) is 14.6. The van der Waals surface area contributed by atoms with Crippen LogP contribution >= 0.6 is 24.0 Å². The molecule has 3 heteroatoms. The lowest BCUT2D eigenvalue weighted by molar-refractivity contribution is 1.14. The molecule has 4 rings (SSSR count). The molecule has 1 unspecified atom stereocenters. The molecule has 0 aliphatic rings. The summed E-state index contributed by atoms with van der Waals surface area (Å²) in [6.07, 6.45) is 4.12. The first kappa shape index (κ1) is 19.2. The topological polar surface area (TPSA) is 12.9 Å². The molecule has 0 fully saturated rings. The van der Waals surface area contributed by atoms with E-state index in [0.717, 1.165) is 33.3 Å². The van der Waals surface area contributed by atoms with Gasteiger partial charge in [-0.2, -0.15) is 0 Å². The van der Waals surface area contributed by atoms with E-state index in [2.05, 4.69) is 53.5 Å². The highest BCUT2D eigenvalue weighted by Crippen LogP contribution is 2.29. The van der Waals surface area contributed by atoms with Gasteiger partial charge in [0, 0.05) is 5.39 Å². The molecule has 1 heterocycles. The van der Waals surface area contributed by atoms with Crippen LogP contribution < -0.4 is 0 Å². The van der Waals surface area contributed by atoms with Crippen molar-refractivity contribution in [3.63, 3.8) is 0 Å². The van der Waals surface area contributed by atoms with Gasteiger partial charge >= 0.3 is 0 Å². The number of benzene rings is 3. The molecule has 27 heavy (non-hydrogen) atoms. The van der Waals surface area contributed by atoms with Crippen molar-refractivity contribution in [1.29, 1.82) is 0 Å². The third-order valence-corrected chi connectivity index (χ3v) is 4.87. The van der Waals surface area contributed by atoms with Gasteiger partial charge in [-0.3, -0.25) is 0 Å². The summed E-state index contributed by atoms with van der Waals surface area (Å²) >= 11 is 6.65. The highest BCUT2D eigenvalue weighted by molar-refractivity contribution is 6.22. The quantitative estimate of drug-likeness (QED) is 0.336. The van der Waals surface area contributed by atoms with Gasteiger partial charge in [-0.25, -0.2) is 4.98 Å². The van der Waals surface area contributed by atoms with Crippen LogP contribution in [0.25, 0.3) is 23.1 Å². The smallest absolute Gasteiger partial charge is 0.0835 e. The van der Waals surface area contributed by atoms with E-state index >= 15 is 0 Å². The first-order chi connectivity index (χ1) is 12.8. The van der Waals surface area contributed by atoms with Crippen LogP contribution in [0.15, 0.2) is 91.0 Å². The maximum atomic E-state index is 6.65. The van der Waals surface area contributed by atoms with Crippen molar-refractivity contribution >= 4 is 47.1 Å². The minimum Gasteiger partial charge on any atom is -0.248 e. The number of hydrogen-bond donors (Lipinski definition) is 0. The minimum absolute atomic E-state index is 0. The molecule has 3 aromatic carbocycles. The van der Waals surface area contributed by atoms with E-state index in [1.165, 1.54) is 0 Å². The number of aromatic nitrogens is 1. The van der Waals surface area contributed by atoms with Crippen molar-refractivity contribution in [3.05, 3.63) is 113 Å². The van der Waals surface area contributed by atoms with Gasteiger partial charge in [0.25, 0.3) is 0 Å². The van der Waals surface area contributed by atoms with E-state index in [9.17, 15) is 0 Å². The lowest BCUT2D eigenvalue weighted by atomic mass is 10.0. The van der Waals surface area contributed by atoms with Crippen molar-refractivity contribution in [2.45, 2.75) is 5.38 Å². The summed E-state index contributed by atoms with van der Waals surface area (Å²) in [5.41, 5.74) is 5.25. The van der Waals surface area contributed by atoms with Gasteiger partial charge in [-0.1, -0.05) is 78.9 Å². The SMILES string of the molecule is Cl.ClC(c1ccccc1)c1cccc(/C=C/c2ccc3ccccc3n2)c1. The molecule has 134 valence electrons. The molecule has 0 aliphatic carbocycles. The lowest BCUT2D eigenvalue weighted by Crippen LogP contribution is -1.93. The maximum Gasteiger partial charge on any atom is 0.0835 e. The normalized spacial score (nSPS) is 12.0. The molecule has 0 N–H and O–H groups in total. The maximum absolute atomic E-state index is 6.65. The Morgan fingerprint density at radius 3 is 2.30 bits per heavy atom. The Morgan fingerprint density at radius 2 is 1.44 bits per heavy atom. The van der Waals surface area contributed by atoms with Gasteiger partial charge in [-0.15, -0.1) is 24.0 Å². The molecule has 1 aromatic heterocycles. The lowest BCUT2D eigenvalue weighted by Gasteiger charge is -2.10. The molecule has 1 atom stereocenters. The molecule has 0 radical (unpaired) electrons. The Labute approximate surface area is 170 Å². The molecule has 1 nitrogen and oxygen atoms in total. The fraction of sp³-hybridized carbons (Fsp3) is 0.0417. The number of para-hydroxylation sites is 1. The van der Waals surface area contributed by atoms with E-state index < -0.39 is 0 Å². The van der Waals surface area contributed by atoms with Gasteiger partial charge in [0.1, 0.15) is 0 Å². The Morgan fingerprint density at radius 1 is 0.704 bits per heavy atom. The van der Waals surface area contributed by atoms with E-state index in [1.54, 1.807) is 0 Å². The average Bonchev–Trinajstić information content (AvgIpc) is 2.72. The number of rotatable bonds is 4. The van der Waals surface area contributed by atoms with Gasteiger partial charge < -0.3 is 0 Å². The van der Waals surface area contributed by atoms with Gasteiger partial charge in [0.15, 0.2) is 0 Å². The first-order valence-corrected chi connectivity index (χ1v) is 9.06. The molecule has 4 aromatic rings. The third kappa shape index (κ3) is 4.57. The summed E-state index contributed by atoms with van der Waals surface area (Å²) in [6, 6.07) is 30.7. The number of hydrogen-bond acceptors (Lipinski definition) is 1. The number of nitrogens with zero attached hydrogens (tertiary/aromatic N) is 1. The standard InChI is InChI=1S/C24H18ClN.ClH/c25-24(20-9-2-1-3-10-20)21-11-6-7-18(17-21)13-15-22-16-14-19-8-4-5-12-23(19)26-22;/h1-17,24H;1H/b15-13+;. The number of halogens is 2. The van der Waals surface area contributed by atoms with Crippen molar-refractivity contribution in [2.75, 3.05) is 0 Å². The van der Waals surface area contributed by atoms with Crippen molar-refractivity contribution in [3.8, 4) is 0 Å². The Bertz CT molecular complexity index is 1060. The van der Waals surface area contributed by atoms with Crippen LogP contribution in [-0.4, -0.2) is 4.98 Å². The van der Waals surface area contributed by atoms with Crippen molar-refractivity contribution in [2.24, 2.45) is 0 Å².